The molecular weight excluding hydrogens is 202 g/mol. The first-order chi connectivity index (χ1) is 7.66. The van der Waals surface area contributed by atoms with E-state index in [1.807, 2.05) is 0 Å². The van der Waals surface area contributed by atoms with E-state index in [0.717, 1.165) is 12.8 Å². The highest BCUT2D eigenvalue weighted by atomic mass is 16.2. The van der Waals surface area contributed by atoms with Gasteiger partial charge in [-0.2, -0.15) is 0 Å². The summed E-state index contributed by atoms with van der Waals surface area (Å²) >= 11 is 0. The number of unbranched alkanes of at least 4 members (excludes halogenated alkanes) is 6. The SMILES string of the molecule is CCCCCCCCCC(=O)CNC(C)=O. The van der Waals surface area contributed by atoms with E-state index in [4.69, 9.17) is 0 Å². The van der Waals surface area contributed by atoms with Crippen molar-refractivity contribution >= 4 is 11.7 Å². The molecule has 0 aliphatic rings. The molecule has 0 bridgehead atoms. The third kappa shape index (κ3) is 11.2. The molecule has 0 aromatic rings. The van der Waals surface area contributed by atoms with Gasteiger partial charge < -0.3 is 5.32 Å². The first kappa shape index (κ1) is 15.1. The summed E-state index contributed by atoms with van der Waals surface area (Å²) in [5.74, 6) is 0.0108. The van der Waals surface area contributed by atoms with Crippen LogP contribution in [0.2, 0.25) is 0 Å². The second-order valence-electron chi connectivity index (χ2n) is 4.32. The Morgan fingerprint density at radius 3 is 2.06 bits per heavy atom. The molecule has 3 heteroatoms. The van der Waals surface area contributed by atoms with Crippen molar-refractivity contribution in [2.45, 2.75) is 65.2 Å². The fraction of sp³-hybridized carbons (Fsp3) is 0.846. The van der Waals surface area contributed by atoms with Crippen LogP contribution in [0.5, 0.6) is 0 Å². The predicted molar refractivity (Wildman–Crippen MR) is 66.3 cm³/mol. The second-order valence-corrected chi connectivity index (χ2v) is 4.32. The number of hydrogen-bond donors (Lipinski definition) is 1. The monoisotopic (exact) mass is 227 g/mol. The molecule has 0 aromatic heterocycles. The number of amides is 1. The van der Waals surface area contributed by atoms with Crippen molar-refractivity contribution in [1.29, 1.82) is 0 Å². The van der Waals surface area contributed by atoms with E-state index in [0.29, 0.717) is 6.42 Å². The van der Waals surface area contributed by atoms with E-state index in [9.17, 15) is 9.59 Å². The topological polar surface area (TPSA) is 46.2 Å². The molecule has 0 aromatic carbocycles. The van der Waals surface area contributed by atoms with Crippen LogP contribution in [0.15, 0.2) is 0 Å². The van der Waals surface area contributed by atoms with Crippen molar-refractivity contribution in [2.75, 3.05) is 6.54 Å². The highest BCUT2D eigenvalue weighted by Gasteiger charge is 2.01. The van der Waals surface area contributed by atoms with Crippen LogP contribution in [-0.2, 0) is 9.59 Å². The molecule has 0 aliphatic heterocycles. The van der Waals surface area contributed by atoms with Gasteiger partial charge >= 0.3 is 0 Å². The van der Waals surface area contributed by atoms with Crippen LogP contribution in [0.25, 0.3) is 0 Å². The minimum atomic E-state index is -0.132. The number of Topliss-reactive ketones (excluding diaryl/α,β-unsaturated/α-hetero) is 1. The molecule has 0 radical (unpaired) electrons. The van der Waals surface area contributed by atoms with Crippen LogP contribution in [0, 0.1) is 0 Å². The zero-order valence-electron chi connectivity index (χ0n) is 10.7. The largest absolute Gasteiger partial charge is 0.349 e. The summed E-state index contributed by atoms with van der Waals surface area (Å²) in [6.45, 7) is 3.84. The summed E-state index contributed by atoms with van der Waals surface area (Å²) in [6.07, 6.45) is 9.13. The molecule has 3 nitrogen and oxygen atoms in total. The molecule has 0 rings (SSSR count). The highest BCUT2D eigenvalue weighted by Crippen LogP contribution is 2.08. The van der Waals surface area contributed by atoms with Gasteiger partial charge in [0.1, 0.15) is 0 Å². The highest BCUT2D eigenvalue weighted by molar-refractivity contribution is 5.85. The van der Waals surface area contributed by atoms with Crippen LogP contribution in [0.1, 0.15) is 65.2 Å². The van der Waals surface area contributed by atoms with Crippen LogP contribution in [-0.4, -0.2) is 18.2 Å². The Kier molecular flexibility index (Phi) is 10.1. The summed E-state index contributed by atoms with van der Waals surface area (Å²) in [7, 11) is 0. The number of rotatable bonds is 10. The van der Waals surface area contributed by atoms with E-state index in [2.05, 4.69) is 12.2 Å². The number of ketones is 1. The molecule has 1 N–H and O–H groups in total. The van der Waals surface area contributed by atoms with Crippen LogP contribution in [0.4, 0.5) is 0 Å². The molecule has 16 heavy (non-hydrogen) atoms. The molecule has 0 saturated heterocycles. The summed E-state index contributed by atoms with van der Waals surface area (Å²) < 4.78 is 0. The fourth-order valence-electron chi connectivity index (χ4n) is 1.59. The third-order valence-electron chi connectivity index (χ3n) is 2.59. The van der Waals surface area contributed by atoms with Gasteiger partial charge in [-0.05, 0) is 6.42 Å². The Balaban J connectivity index is 3.18. The Labute approximate surface area is 99.0 Å². The van der Waals surface area contributed by atoms with Gasteiger partial charge in [0, 0.05) is 13.3 Å². The van der Waals surface area contributed by atoms with E-state index in [1.165, 1.54) is 39.0 Å². The van der Waals surface area contributed by atoms with Gasteiger partial charge in [-0.15, -0.1) is 0 Å². The third-order valence-corrected chi connectivity index (χ3v) is 2.59. The van der Waals surface area contributed by atoms with Crippen molar-refractivity contribution in [3.05, 3.63) is 0 Å². The summed E-state index contributed by atoms with van der Waals surface area (Å²) in [4.78, 5) is 21.8. The lowest BCUT2D eigenvalue weighted by atomic mass is 10.1. The average molecular weight is 227 g/mol. The first-order valence-corrected chi connectivity index (χ1v) is 6.43. The van der Waals surface area contributed by atoms with Gasteiger partial charge in [-0.1, -0.05) is 45.4 Å². The van der Waals surface area contributed by atoms with Gasteiger partial charge in [0.15, 0.2) is 5.78 Å². The van der Waals surface area contributed by atoms with Crippen LogP contribution in [0.3, 0.4) is 0 Å². The predicted octanol–water partition coefficient (Wildman–Crippen LogP) is 2.83. The van der Waals surface area contributed by atoms with Crippen LogP contribution < -0.4 is 5.32 Å². The Bertz CT molecular complexity index is 202. The molecule has 0 spiro atoms. The Morgan fingerprint density at radius 2 is 1.50 bits per heavy atom. The maximum atomic E-state index is 11.3. The van der Waals surface area contributed by atoms with Crippen molar-refractivity contribution in [1.82, 2.24) is 5.32 Å². The first-order valence-electron chi connectivity index (χ1n) is 6.43. The number of hydrogen-bond acceptors (Lipinski definition) is 2. The lowest BCUT2D eigenvalue weighted by Crippen LogP contribution is -2.26. The molecule has 1 amide bonds. The molecule has 94 valence electrons. The summed E-state index contributed by atoms with van der Waals surface area (Å²) in [6, 6.07) is 0. The van der Waals surface area contributed by atoms with Crippen molar-refractivity contribution in [3.8, 4) is 0 Å². The molecular formula is C13H25NO2. The quantitative estimate of drug-likeness (QED) is 0.583. The van der Waals surface area contributed by atoms with Gasteiger partial charge in [0.25, 0.3) is 0 Å². The van der Waals surface area contributed by atoms with E-state index >= 15 is 0 Å². The smallest absolute Gasteiger partial charge is 0.217 e. The summed E-state index contributed by atoms with van der Waals surface area (Å²) in [5, 5.41) is 2.53. The molecule has 0 unspecified atom stereocenters. The zero-order chi connectivity index (χ0) is 12.2. The van der Waals surface area contributed by atoms with Crippen molar-refractivity contribution in [3.63, 3.8) is 0 Å². The maximum Gasteiger partial charge on any atom is 0.217 e. The standard InChI is InChI=1S/C13H25NO2/c1-3-4-5-6-7-8-9-10-13(16)11-14-12(2)15/h3-11H2,1-2H3,(H,14,15). The van der Waals surface area contributed by atoms with Gasteiger partial charge in [-0.3, -0.25) is 9.59 Å². The molecule has 0 aliphatic carbocycles. The Morgan fingerprint density at radius 1 is 0.938 bits per heavy atom. The van der Waals surface area contributed by atoms with E-state index < -0.39 is 0 Å². The average Bonchev–Trinajstić information content (AvgIpc) is 2.25. The van der Waals surface area contributed by atoms with Crippen molar-refractivity contribution < 1.29 is 9.59 Å². The van der Waals surface area contributed by atoms with Gasteiger partial charge in [0.05, 0.1) is 6.54 Å². The Hall–Kier alpha value is -0.860. The molecule has 0 saturated carbocycles. The molecule has 0 atom stereocenters. The van der Waals surface area contributed by atoms with E-state index in [1.54, 1.807) is 0 Å². The summed E-state index contributed by atoms with van der Waals surface area (Å²) in [5.41, 5.74) is 0. The van der Waals surface area contributed by atoms with Crippen LogP contribution >= 0.6 is 0 Å². The molecule has 0 fully saturated rings. The van der Waals surface area contributed by atoms with Crippen molar-refractivity contribution in [2.24, 2.45) is 0 Å². The number of nitrogens with one attached hydrogen (secondary N) is 1. The number of carbonyl (C=O) groups is 2. The lowest BCUT2D eigenvalue weighted by Gasteiger charge is -2.02. The second kappa shape index (κ2) is 10.7. The van der Waals surface area contributed by atoms with E-state index in [-0.39, 0.29) is 18.2 Å². The molecule has 0 heterocycles. The van der Waals surface area contributed by atoms with Gasteiger partial charge in [0.2, 0.25) is 5.91 Å². The zero-order valence-corrected chi connectivity index (χ0v) is 10.7. The lowest BCUT2D eigenvalue weighted by molar-refractivity contribution is -0.123. The minimum absolute atomic E-state index is 0.132. The van der Waals surface area contributed by atoms with Gasteiger partial charge in [-0.25, -0.2) is 0 Å². The fourth-order valence-corrected chi connectivity index (χ4v) is 1.59. The maximum absolute atomic E-state index is 11.3. The minimum Gasteiger partial charge on any atom is -0.349 e. The number of carbonyl (C=O) groups excluding carboxylic acids is 2. The normalized spacial score (nSPS) is 10.1.